The van der Waals surface area contributed by atoms with Crippen molar-refractivity contribution in [1.29, 1.82) is 0 Å². The zero-order valence-corrected chi connectivity index (χ0v) is 15.5. The van der Waals surface area contributed by atoms with Crippen LogP contribution in [0.15, 0.2) is 0 Å². The first-order valence-corrected chi connectivity index (χ1v) is 9.92. The van der Waals surface area contributed by atoms with Gasteiger partial charge < -0.3 is 0 Å². The van der Waals surface area contributed by atoms with Crippen molar-refractivity contribution >= 4 is 21.9 Å². The second-order valence-corrected chi connectivity index (χ2v) is 7.48. The van der Waals surface area contributed by atoms with E-state index in [1.807, 2.05) is 0 Å². The molecule has 0 aliphatic carbocycles. The predicted octanol–water partition coefficient (Wildman–Crippen LogP) is 6.58. The molecule has 0 saturated heterocycles. The van der Waals surface area contributed by atoms with Crippen molar-refractivity contribution < 1.29 is 9.90 Å². The number of alkyl halides is 1. The Kier molecular flexibility index (Phi) is 16.3. The van der Waals surface area contributed by atoms with Crippen LogP contribution in [0, 0.1) is 0 Å². The molecule has 0 bridgehead atoms. The molecule has 0 N–H and O–H groups in total. The first-order chi connectivity index (χ1) is 10.2. The molecule has 0 aromatic rings. The van der Waals surface area contributed by atoms with Gasteiger partial charge in [0, 0.05) is 4.83 Å². The molecule has 0 aromatic heterocycles. The van der Waals surface area contributed by atoms with Gasteiger partial charge in [-0.1, -0.05) is 93.5 Å². The summed E-state index contributed by atoms with van der Waals surface area (Å²) in [6.45, 7) is 2.26. The normalized spacial score (nSPS) is 12.5. The van der Waals surface area contributed by atoms with Crippen LogP contribution >= 0.6 is 15.9 Å². The molecule has 2 nitrogen and oxygen atoms in total. The van der Waals surface area contributed by atoms with Gasteiger partial charge in [-0.25, -0.2) is 9.90 Å². The molecule has 125 valence electrons. The zero-order valence-electron chi connectivity index (χ0n) is 13.9. The lowest BCUT2D eigenvalue weighted by atomic mass is 10.0. The highest BCUT2D eigenvalue weighted by atomic mass is 79.9. The van der Waals surface area contributed by atoms with E-state index in [9.17, 15) is 9.90 Å². The second-order valence-electron chi connectivity index (χ2n) is 6.19. The smallest absolute Gasteiger partial charge is 0.247 e. The average Bonchev–Trinajstić information content (AvgIpc) is 2.45. The predicted molar refractivity (Wildman–Crippen MR) is 93.3 cm³/mol. The molecule has 1 atom stereocenters. The number of unbranched alkanes of at least 4 members (excludes halogenated alkanes) is 10. The summed E-state index contributed by atoms with van der Waals surface area (Å²) in [6, 6.07) is 0. The van der Waals surface area contributed by atoms with E-state index in [0.29, 0.717) is 4.83 Å². The van der Waals surface area contributed by atoms with Crippen LogP contribution in [0.25, 0.3) is 0 Å². The van der Waals surface area contributed by atoms with Gasteiger partial charge in [0.05, 0.1) is 6.42 Å². The number of rotatable bonds is 16. The highest BCUT2D eigenvalue weighted by Crippen LogP contribution is 2.19. The fraction of sp³-hybridized carbons (Fsp3) is 0.944. The van der Waals surface area contributed by atoms with Crippen molar-refractivity contribution in [1.82, 2.24) is 0 Å². The number of hydrogen-bond donors (Lipinski definition) is 0. The molecular weight excluding hydrogens is 328 g/mol. The SMILES string of the molecule is CCCCCCCCC(Br)CCCCCCCCC([O])=O. The van der Waals surface area contributed by atoms with Crippen molar-refractivity contribution in [3.8, 4) is 0 Å². The summed E-state index contributed by atoms with van der Waals surface area (Å²) in [5, 5.41) is 10.3. The summed E-state index contributed by atoms with van der Waals surface area (Å²) in [5.41, 5.74) is 0. The summed E-state index contributed by atoms with van der Waals surface area (Å²) in [5.74, 6) is -0.910. The van der Waals surface area contributed by atoms with Gasteiger partial charge in [-0.15, -0.1) is 0 Å². The minimum atomic E-state index is -0.910. The highest BCUT2D eigenvalue weighted by molar-refractivity contribution is 9.09. The molecule has 0 aliphatic heterocycles. The first-order valence-electron chi connectivity index (χ1n) is 9.00. The second kappa shape index (κ2) is 16.3. The Hall–Kier alpha value is -0.0500. The molecule has 1 unspecified atom stereocenters. The van der Waals surface area contributed by atoms with E-state index in [4.69, 9.17) is 0 Å². The molecule has 0 amide bonds. The standard InChI is InChI=1S/C18H34BrO2/c1-2-3-4-5-8-11-14-17(19)15-12-9-6-7-10-13-16-18(20)21/h17H,2-16H2,1H3. The maximum Gasteiger partial charge on any atom is 0.355 e. The third-order valence-electron chi connectivity index (χ3n) is 4.02. The lowest BCUT2D eigenvalue weighted by molar-refractivity contribution is -0.143. The zero-order chi connectivity index (χ0) is 15.8. The minimum Gasteiger partial charge on any atom is -0.247 e. The van der Waals surface area contributed by atoms with Gasteiger partial charge in [0.2, 0.25) is 0 Å². The van der Waals surface area contributed by atoms with Crippen LogP contribution in [0.3, 0.4) is 0 Å². The summed E-state index contributed by atoms with van der Waals surface area (Å²) in [7, 11) is 0. The molecule has 0 saturated carbocycles. The molecule has 0 heterocycles. The number of halogens is 1. The molecule has 3 heteroatoms. The van der Waals surface area contributed by atoms with Crippen LogP contribution < -0.4 is 0 Å². The Morgan fingerprint density at radius 3 is 1.67 bits per heavy atom. The van der Waals surface area contributed by atoms with E-state index in [1.54, 1.807) is 0 Å². The fourth-order valence-corrected chi connectivity index (χ4v) is 3.28. The summed E-state index contributed by atoms with van der Waals surface area (Å²) in [6.07, 6.45) is 17.9. The molecule has 0 aliphatic rings. The Balaban J connectivity index is 3.15. The van der Waals surface area contributed by atoms with Crippen LogP contribution in [0.4, 0.5) is 0 Å². The van der Waals surface area contributed by atoms with Gasteiger partial charge in [-0.3, -0.25) is 0 Å². The molecule has 0 rings (SSSR count). The van der Waals surface area contributed by atoms with Crippen LogP contribution in [0.2, 0.25) is 0 Å². The summed E-state index contributed by atoms with van der Waals surface area (Å²) in [4.78, 5) is 10.9. The summed E-state index contributed by atoms with van der Waals surface area (Å²) < 4.78 is 0. The Bertz CT molecular complexity index is 231. The van der Waals surface area contributed by atoms with Crippen LogP contribution in [0.1, 0.15) is 103 Å². The van der Waals surface area contributed by atoms with Gasteiger partial charge in [-0.05, 0) is 19.3 Å². The van der Waals surface area contributed by atoms with Crippen molar-refractivity contribution in [2.75, 3.05) is 0 Å². The molecular formula is C18H34BrO2. The molecule has 0 aromatic carbocycles. The van der Waals surface area contributed by atoms with Crippen molar-refractivity contribution in [2.24, 2.45) is 0 Å². The fourth-order valence-electron chi connectivity index (χ4n) is 2.63. The van der Waals surface area contributed by atoms with E-state index >= 15 is 0 Å². The maximum absolute atomic E-state index is 10.3. The van der Waals surface area contributed by atoms with Crippen molar-refractivity contribution in [2.45, 2.75) is 108 Å². The Labute approximate surface area is 140 Å². The van der Waals surface area contributed by atoms with E-state index in [-0.39, 0.29) is 6.42 Å². The monoisotopic (exact) mass is 361 g/mol. The Morgan fingerprint density at radius 2 is 1.19 bits per heavy atom. The molecule has 21 heavy (non-hydrogen) atoms. The average molecular weight is 362 g/mol. The molecule has 0 fully saturated rings. The molecule has 1 radical (unpaired) electrons. The lowest BCUT2D eigenvalue weighted by Gasteiger charge is -2.09. The topological polar surface area (TPSA) is 37.0 Å². The van der Waals surface area contributed by atoms with Crippen molar-refractivity contribution in [3.63, 3.8) is 0 Å². The van der Waals surface area contributed by atoms with Gasteiger partial charge in [0.25, 0.3) is 0 Å². The van der Waals surface area contributed by atoms with E-state index in [1.165, 1.54) is 70.6 Å². The van der Waals surface area contributed by atoms with E-state index in [0.717, 1.165) is 19.3 Å². The highest BCUT2D eigenvalue weighted by Gasteiger charge is 2.04. The van der Waals surface area contributed by atoms with Gasteiger partial charge >= 0.3 is 5.97 Å². The van der Waals surface area contributed by atoms with Gasteiger partial charge in [-0.2, -0.15) is 0 Å². The third-order valence-corrected chi connectivity index (χ3v) is 4.93. The minimum absolute atomic E-state index is 0.224. The number of carbonyl (C=O) groups excluding carboxylic acids is 1. The van der Waals surface area contributed by atoms with E-state index < -0.39 is 5.97 Å². The van der Waals surface area contributed by atoms with Crippen molar-refractivity contribution in [3.05, 3.63) is 0 Å². The first kappa shape index (κ1) is 20.9. The Morgan fingerprint density at radius 1 is 0.762 bits per heavy atom. The lowest BCUT2D eigenvalue weighted by Crippen LogP contribution is -1.98. The van der Waals surface area contributed by atoms with Gasteiger partial charge in [0.1, 0.15) is 0 Å². The largest absolute Gasteiger partial charge is 0.355 e. The van der Waals surface area contributed by atoms with Crippen LogP contribution in [-0.2, 0) is 9.90 Å². The van der Waals surface area contributed by atoms with Gasteiger partial charge in [0.15, 0.2) is 0 Å². The number of carbonyl (C=O) groups is 1. The number of hydrogen-bond acceptors (Lipinski definition) is 1. The third kappa shape index (κ3) is 17.9. The quantitative estimate of drug-likeness (QED) is 0.226. The van der Waals surface area contributed by atoms with E-state index in [2.05, 4.69) is 22.9 Å². The molecule has 0 spiro atoms. The maximum atomic E-state index is 10.3. The summed E-state index contributed by atoms with van der Waals surface area (Å²) >= 11 is 3.80. The van der Waals surface area contributed by atoms with Crippen LogP contribution in [0.5, 0.6) is 0 Å². The van der Waals surface area contributed by atoms with Crippen LogP contribution in [-0.4, -0.2) is 10.8 Å².